The first-order valence-corrected chi connectivity index (χ1v) is 9.10. The number of benzene rings is 1. The van der Waals surface area contributed by atoms with Crippen molar-refractivity contribution in [2.45, 2.75) is 6.42 Å². The van der Waals surface area contributed by atoms with Crippen LogP contribution in [0.1, 0.15) is 27.1 Å². The fraction of sp³-hybridized carbons (Fsp3) is 0.350. The lowest BCUT2D eigenvalue weighted by molar-refractivity contribution is 0.0718. The predicted octanol–water partition coefficient (Wildman–Crippen LogP) is 1.84. The maximum absolute atomic E-state index is 12.9. The summed E-state index contributed by atoms with van der Waals surface area (Å²) < 4.78 is 11.1. The van der Waals surface area contributed by atoms with Crippen molar-refractivity contribution in [3.63, 3.8) is 0 Å². The Hall–Kier alpha value is -3.09. The molecule has 140 valence electrons. The third-order valence-electron chi connectivity index (χ3n) is 4.79. The van der Waals surface area contributed by atoms with Gasteiger partial charge in [-0.05, 0) is 36.8 Å². The smallest absolute Gasteiger partial charge is 0.254 e. The van der Waals surface area contributed by atoms with Crippen LogP contribution in [0.2, 0.25) is 0 Å². The van der Waals surface area contributed by atoms with E-state index in [1.54, 1.807) is 52.5 Å². The molecule has 1 saturated heterocycles. The first kappa shape index (κ1) is 17.3. The number of ether oxygens (including phenoxy) is 2. The van der Waals surface area contributed by atoms with Crippen LogP contribution in [0.3, 0.4) is 0 Å². The maximum Gasteiger partial charge on any atom is 0.254 e. The molecule has 0 radical (unpaired) electrons. The molecule has 7 nitrogen and oxygen atoms in total. The number of hydrogen-bond acceptors (Lipinski definition) is 5. The number of aromatic nitrogens is 1. The monoisotopic (exact) mass is 367 g/mol. The summed E-state index contributed by atoms with van der Waals surface area (Å²) in [6.07, 6.45) is 3.97. The maximum atomic E-state index is 12.9. The SMILES string of the molecule is O=C(c1ccncc1)N1CCCN(C(=O)c2ccc3c(c2)OCCO3)CC1. The van der Waals surface area contributed by atoms with Gasteiger partial charge >= 0.3 is 0 Å². The van der Waals surface area contributed by atoms with Crippen LogP contribution in [0, 0.1) is 0 Å². The van der Waals surface area contributed by atoms with Gasteiger partial charge < -0.3 is 19.3 Å². The number of fused-ring (bicyclic) bond motifs is 1. The largest absolute Gasteiger partial charge is 0.486 e. The fourth-order valence-corrected chi connectivity index (χ4v) is 3.36. The van der Waals surface area contributed by atoms with Gasteiger partial charge in [0.1, 0.15) is 13.2 Å². The van der Waals surface area contributed by atoms with Gasteiger partial charge in [0.05, 0.1) is 0 Å². The van der Waals surface area contributed by atoms with Crippen molar-refractivity contribution in [3.8, 4) is 11.5 Å². The van der Waals surface area contributed by atoms with Crippen LogP contribution in [-0.2, 0) is 0 Å². The lowest BCUT2D eigenvalue weighted by atomic mass is 10.1. The number of amides is 2. The van der Waals surface area contributed by atoms with Crippen molar-refractivity contribution in [3.05, 3.63) is 53.9 Å². The van der Waals surface area contributed by atoms with E-state index in [2.05, 4.69) is 4.98 Å². The molecule has 0 bridgehead atoms. The Morgan fingerprint density at radius 1 is 0.778 bits per heavy atom. The molecule has 1 aromatic heterocycles. The van der Waals surface area contributed by atoms with E-state index in [1.165, 1.54) is 0 Å². The molecule has 0 unspecified atom stereocenters. The van der Waals surface area contributed by atoms with Crippen LogP contribution >= 0.6 is 0 Å². The minimum absolute atomic E-state index is 0.0222. The fourth-order valence-electron chi connectivity index (χ4n) is 3.36. The number of hydrogen-bond donors (Lipinski definition) is 0. The Labute approximate surface area is 157 Å². The van der Waals surface area contributed by atoms with Crippen molar-refractivity contribution < 1.29 is 19.1 Å². The van der Waals surface area contributed by atoms with Crippen molar-refractivity contribution in [1.29, 1.82) is 0 Å². The van der Waals surface area contributed by atoms with Crippen molar-refractivity contribution in [1.82, 2.24) is 14.8 Å². The minimum Gasteiger partial charge on any atom is -0.486 e. The normalized spacial score (nSPS) is 16.6. The van der Waals surface area contributed by atoms with Gasteiger partial charge in [-0.2, -0.15) is 0 Å². The molecule has 2 aromatic rings. The average molecular weight is 367 g/mol. The Bertz CT molecular complexity index is 840. The Morgan fingerprint density at radius 2 is 1.41 bits per heavy atom. The van der Waals surface area contributed by atoms with Gasteiger partial charge in [0.15, 0.2) is 11.5 Å². The number of pyridine rings is 1. The van der Waals surface area contributed by atoms with Gasteiger partial charge in [-0.15, -0.1) is 0 Å². The lowest BCUT2D eigenvalue weighted by Crippen LogP contribution is -2.37. The van der Waals surface area contributed by atoms with Gasteiger partial charge in [0.2, 0.25) is 0 Å². The minimum atomic E-state index is -0.0508. The van der Waals surface area contributed by atoms with Crippen molar-refractivity contribution in [2.75, 3.05) is 39.4 Å². The third-order valence-corrected chi connectivity index (χ3v) is 4.79. The Balaban J connectivity index is 1.43. The van der Waals surface area contributed by atoms with E-state index in [-0.39, 0.29) is 11.8 Å². The lowest BCUT2D eigenvalue weighted by Gasteiger charge is -2.23. The van der Waals surface area contributed by atoms with Crippen LogP contribution in [0.15, 0.2) is 42.7 Å². The van der Waals surface area contributed by atoms with Gasteiger partial charge in [-0.1, -0.05) is 0 Å². The molecular formula is C20H21N3O4. The van der Waals surface area contributed by atoms with Crippen molar-refractivity contribution >= 4 is 11.8 Å². The molecule has 0 N–H and O–H groups in total. The van der Waals surface area contributed by atoms with E-state index in [4.69, 9.17) is 9.47 Å². The highest BCUT2D eigenvalue weighted by Crippen LogP contribution is 2.31. The first-order valence-electron chi connectivity index (χ1n) is 9.10. The zero-order valence-electron chi connectivity index (χ0n) is 15.0. The summed E-state index contributed by atoms with van der Waals surface area (Å²) in [6, 6.07) is 8.71. The molecule has 2 aliphatic rings. The predicted molar refractivity (Wildman–Crippen MR) is 98.1 cm³/mol. The zero-order valence-corrected chi connectivity index (χ0v) is 15.0. The van der Waals surface area contributed by atoms with Crippen molar-refractivity contribution in [2.24, 2.45) is 0 Å². The molecular weight excluding hydrogens is 346 g/mol. The molecule has 3 heterocycles. The first-order chi connectivity index (χ1) is 13.2. The standard InChI is InChI=1S/C20H21N3O4/c24-19(15-4-6-21-7-5-15)22-8-1-9-23(11-10-22)20(25)16-2-3-17-18(14-16)27-13-12-26-17/h2-7,14H,1,8-13H2. The summed E-state index contributed by atoms with van der Waals surface area (Å²) in [5.41, 5.74) is 1.20. The molecule has 1 fully saturated rings. The molecule has 4 rings (SSSR count). The summed E-state index contributed by atoms with van der Waals surface area (Å²) in [6.45, 7) is 3.27. The van der Waals surface area contributed by atoms with E-state index >= 15 is 0 Å². The number of nitrogens with zero attached hydrogens (tertiary/aromatic N) is 3. The van der Waals surface area contributed by atoms with E-state index in [0.717, 1.165) is 6.42 Å². The highest BCUT2D eigenvalue weighted by molar-refractivity contribution is 5.96. The van der Waals surface area contributed by atoms with E-state index in [9.17, 15) is 9.59 Å². The molecule has 0 aliphatic carbocycles. The third kappa shape index (κ3) is 3.72. The quantitative estimate of drug-likeness (QED) is 0.810. The van der Waals surface area contributed by atoms with Gasteiger partial charge in [-0.3, -0.25) is 14.6 Å². The van der Waals surface area contributed by atoms with Crippen LogP contribution in [0.4, 0.5) is 0 Å². The molecule has 0 atom stereocenters. The summed E-state index contributed by atoms with van der Waals surface area (Å²) in [5, 5.41) is 0. The Morgan fingerprint density at radius 3 is 2.11 bits per heavy atom. The second kappa shape index (κ2) is 7.65. The average Bonchev–Trinajstić information content (AvgIpc) is 2.99. The summed E-state index contributed by atoms with van der Waals surface area (Å²) in [7, 11) is 0. The molecule has 27 heavy (non-hydrogen) atoms. The van der Waals surface area contributed by atoms with Crippen LogP contribution in [-0.4, -0.2) is 66.0 Å². The Kier molecular flexibility index (Phi) is 4.91. The van der Waals surface area contributed by atoms with Crippen LogP contribution in [0.5, 0.6) is 11.5 Å². The molecule has 1 aromatic carbocycles. The van der Waals surface area contributed by atoms with E-state index < -0.39 is 0 Å². The molecule has 7 heteroatoms. The van der Waals surface area contributed by atoms with E-state index in [1.807, 2.05) is 0 Å². The number of carbonyl (C=O) groups excluding carboxylic acids is 2. The summed E-state index contributed by atoms with van der Waals surface area (Å²) in [5.74, 6) is 1.20. The van der Waals surface area contributed by atoms with Gasteiger partial charge in [-0.25, -0.2) is 0 Å². The number of carbonyl (C=O) groups is 2. The number of rotatable bonds is 2. The second-order valence-corrected chi connectivity index (χ2v) is 6.53. The van der Waals surface area contributed by atoms with E-state index in [0.29, 0.717) is 62.0 Å². The molecule has 2 aliphatic heterocycles. The van der Waals surface area contributed by atoms with Crippen LogP contribution in [0.25, 0.3) is 0 Å². The van der Waals surface area contributed by atoms with Gasteiger partial charge in [0.25, 0.3) is 11.8 Å². The second-order valence-electron chi connectivity index (χ2n) is 6.53. The molecule has 0 spiro atoms. The van der Waals surface area contributed by atoms with Crippen LogP contribution < -0.4 is 9.47 Å². The highest BCUT2D eigenvalue weighted by Gasteiger charge is 2.24. The summed E-state index contributed by atoms with van der Waals surface area (Å²) in [4.78, 5) is 33.1. The highest BCUT2D eigenvalue weighted by atomic mass is 16.6. The summed E-state index contributed by atoms with van der Waals surface area (Å²) >= 11 is 0. The topological polar surface area (TPSA) is 72.0 Å². The van der Waals surface area contributed by atoms with Gasteiger partial charge in [0, 0.05) is 49.7 Å². The zero-order chi connectivity index (χ0) is 18.6. The molecule has 2 amide bonds. The molecule has 0 saturated carbocycles.